The minimum atomic E-state index is -0.412. The van der Waals surface area contributed by atoms with Crippen molar-refractivity contribution in [2.45, 2.75) is 26.1 Å². The second-order valence-electron chi connectivity index (χ2n) is 4.27. The fourth-order valence-corrected chi connectivity index (χ4v) is 1.79. The third-order valence-corrected chi connectivity index (χ3v) is 2.88. The number of hydrogen-bond acceptors (Lipinski definition) is 2. The van der Waals surface area contributed by atoms with Crippen LogP contribution in [0.4, 0.5) is 0 Å². The Bertz CT molecular complexity index is 479. The van der Waals surface area contributed by atoms with Crippen LogP contribution in [0.5, 0.6) is 5.75 Å². The summed E-state index contributed by atoms with van der Waals surface area (Å²) in [5, 5.41) is 9.78. The molecule has 0 aliphatic rings. The molecular formula is C16H18O2. The van der Waals surface area contributed by atoms with Gasteiger partial charge >= 0.3 is 0 Å². The monoisotopic (exact) mass is 242 g/mol. The summed E-state index contributed by atoms with van der Waals surface area (Å²) in [6, 6.07) is 17.7. The SMILES string of the molecule is CC[C@@H](O)c1cccc(OCc2ccccc2)c1. The predicted octanol–water partition coefficient (Wildman–Crippen LogP) is 3.71. The fraction of sp³-hybridized carbons (Fsp3) is 0.250. The smallest absolute Gasteiger partial charge is 0.120 e. The van der Waals surface area contributed by atoms with Gasteiger partial charge in [-0.2, -0.15) is 0 Å². The van der Waals surface area contributed by atoms with E-state index in [1.54, 1.807) is 0 Å². The van der Waals surface area contributed by atoms with Gasteiger partial charge in [-0.3, -0.25) is 0 Å². The van der Waals surface area contributed by atoms with E-state index in [4.69, 9.17) is 4.74 Å². The lowest BCUT2D eigenvalue weighted by Crippen LogP contribution is -1.98. The van der Waals surface area contributed by atoms with Crippen molar-refractivity contribution < 1.29 is 9.84 Å². The molecule has 2 heteroatoms. The summed E-state index contributed by atoms with van der Waals surface area (Å²) >= 11 is 0. The van der Waals surface area contributed by atoms with Crippen LogP contribution in [0.15, 0.2) is 54.6 Å². The Morgan fingerprint density at radius 2 is 1.83 bits per heavy atom. The van der Waals surface area contributed by atoms with E-state index in [0.29, 0.717) is 13.0 Å². The Kier molecular flexibility index (Phi) is 4.37. The average molecular weight is 242 g/mol. The van der Waals surface area contributed by atoms with Crippen LogP contribution in [0.25, 0.3) is 0 Å². The highest BCUT2D eigenvalue weighted by atomic mass is 16.5. The molecule has 2 aromatic carbocycles. The highest BCUT2D eigenvalue weighted by Gasteiger charge is 2.05. The van der Waals surface area contributed by atoms with Crippen molar-refractivity contribution in [3.05, 3.63) is 65.7 Å². The molecule has 0 radical (unpaired) electrons. The van der Waals surface area contributed by atoms with E-state index in [2.05, 4.69) is 0 Å². The largest absolute Gasteiger partial charge is 0.489 e. The Hall–Kier alpha value is -1.80. The summed E-state index contributed by atoms with van der Waals surface area (Å²) in [6.07, 6.45) is 0.299. The number of ether oxygens (including phenoxy) is 1. The van der Waals surface area contributed by atoms with Gasteiger partial charge in [0, 0.05) is 0 Å². The summed E-state index contributed by atoms with van der Waals surface area (Å²) in [6.45, 7) is 2.51. The van der Waals surface area contributed by atoms with E-state index in [1.807, 2.05) is 61.5 Å². The average Bonchev–Trinajstić information content (AvgIpc) is 2.45. The highest BCUT2D eigenvalue weighted by molar-refractivity contribution is 5.30. The molecule has 18 heavy (non-hydrogen) atoms. The standard InChI is InChI=1S/C16H18O2/c1-2-16(17)14-9-6-10-15(11-14)18-12-13-7-4-3-5-8-13/h3-11,16-17H,2,12H2,1H3/t16-/m1/s1. The van der Waals surface area contributed by atoms with Gasteiger partial charge in [0.15, 0.2) is 0 Å². The maximum atomic E-state index is 9.78. The summed E-state index contributed by atoms with van der Waals surface area (Å²) < 4.78 is 5.72. The van der Waals surface area contributed by atoms with Gasteiger partial charge in [0.1, 0.15) is 12.4 Å². The summed E-state index contributed by atoms with van der Waals surface area (Å²) in [5.41, 5.74) is 2.04. The lowest BCUT2D eigenvalue weighted by Gasteiger charge is -2.11. The van der Waals surface area contributed by atoms with E-state index >= 15 is 0 Å². The topological polar surface area (TPSA) is 29.5 Å². The molecule has 0 saturated carbocycles. The number of aliphatic hydroxyl groups is 1. The molecule has 0 aliphatic carbocycles. The molecular weight excluding hydrogens is 224 g/mol. The minimum absolute atomic E-state index is 0.412. The van der Waals surface area contributed by atoms with Crippen LogP contribution in [0.3, 0.4) is 0 Å². The first-order chi connectivity index (χ1) is 8.79. The van der Waals surface area contributed by atoms with Crippen LogP contribution in [-0.2, 0) is 6.61 Å². The molecule has 2 nitrogen and oxygen atoms in total. The van der Waals surface area contributed by atoms with Crippen LogP contribution in [-0.4, -0.2) is 5.11 Å². The van der Waals surface area contributed by atoms with Crippen molar-refractivity contribution in [1.82, 2.24) is 0 Å². The summed E-state index contributed by atoms with van der Waals surface area (Å²) in [7, 11) is 0. The molecule has 0 saturated heterocycles. The van der Waals surface area contributed by atoms with Crippen molar-refractivity contribution in [3.8, 4) is 5.75 Å². The molecule has 0 aliphatic heterocycles. The molecule has 0 spiro atoms. The molecule has 0 fully saturated rings. The quantitative estimate of drug-likeness (QED) is 0.866. The van der Waals surface area contributed by atoms with E-state index < -0.39 is 6.10 Å². The lowest BCUT2D eigenvalue weighted by atomic mass is 10.1. The van der Waals surface area contributed by atoms with Gasteiger partial charge in [0.25, 0.3) is 0 Å². The zero-order valence-electron chi connectivity index (χ0n) is 10.5. The lowest BCUT2D eigenvalue weighted by molar-refractivity contribution is 0.173. The van der Waals surface area contributed by atoms with Gasteiger partial charge in [0.2, 0.25) is 0 Å². The van der Waals surface area contributed by atoms with E-state index in [9.17, 15) is 5.11 Å². The first-order valence-electron chi connectivity index (χ1n) is 6.24. The van der Waals surface area contributed by atoms with E-state index in [1.165, 1.54) is 0 Å². The second kappa shape index (κ2) is 6.22. The third kappa shape index (κ3) is 3.34. The molecule has 0 heterocycles. The van der Waals surface area contributed by atoms with Gasteiger partial charge in [-0.15, -0.1) is 0 Å². The van der Waals surface area contributed by atoms with Gasteiger partial charge in [-0.25, -0.2) is 0 Å². The van der Waals surface area contributed by atoms with Crippen molar-refractivity contribution in [1.29, 1.82) is 0 Å². The molecule has 1 N–H and O–H groups in total. The zero-order valence-corrected chi connectivity index (χ0v) is 10.5. The van der Waals surface area contributed by atoms with Gasteiger partial charge in [0.05, 0.1) is 6.10 Å². The van der Waals surface area contributed by atoms with Crippen LogP contribution >= 0.6 is 0 Å². The number of aliphatic hydroxyl groups excluding tert-OH is 1. The highest BCUT2D eigenvalue weighted by Crippen LogP contribution is 2.21. The number of benzene rings is 2. The Morgan fingerprint density at radius 1 is 1.06 bits per heavy atom. The van der Waals surface area contributed by atoms with Crippen LogP contribution < -0.4 is 4.74 Å². The number of hydrogen-bond donors (Lipinski definition) is 1. The van der Waals surface area contributed by atoms with Gasteiger partial charge in [-0.05, 0) is 29.7 Å². The molecule has 0 bridgehead atoms. The molecule has 94 valence electrons. The molecule has 0 amide bonds. The van der Waals surface area contributed by atoms with Crippen molar-refractivity contribution in [2.24, 2.45) is 0 Å². The molecule has 0 aromatic heterocycles. The fourth-order valence-electron chi connectivity index (χ4n) is 1.79. The van der Waals surface area contributed by atoms with E-state index in [-0.39, 0.29) is 0 Å². The second-order valence-corrected chi connectivity index (χ2v) is 4.27. The third-order valence-electron chi connectivity index (χ3n) is 2.88. The maximum Gasteiger partial charge on any atom is 0.120 e. The Morgan fingerprint density at radius 3 is 2.56 bits per heavy atom. The van der Waals surface area contributed by atoms with Crippen LogP contribution in [0, 0.1) is 0 Å². The first-order valence-corrected chi connectivity index (χ1v) is 6.24. The summed E-state index contributed by atoms with van der Waals surface area (Å²) in [5.74, 6) is 0.795. The molecule has 2 rings (SSSR count). The van der Waals surface area contributed by atoms with Crippen molar-refractivity contribution in [3.63, 3.8) is 0 Å². The summed E-state index contributed by atoms with van der Waals surface area (Å²) in [4.78, 5) is 0. The molecule has 2 aromatic rings. The van der Waals surface area contributed by atoms with Crippen LogP contribution in [0.2, 0.25) is 0 Å². The van der Waals surface area contributed by atoms with E-state index in [0.717, 1.165) is 16.9 Å². The normalized spacial score (nSPS) is 12.1. The minimum Gasteiger partial charge on any atom is -0.489 e. The van der Waals surface area contributed by atoms with Crippen LogP contribution in [0.1, 0.15) is 30.6 Å². The van der Waals surface area contributed by atoms with Crippen molar-refractivity contribution in [2.75, 3.05) is 0 Å². The Labute approximate surface area is 108 Å². The predicted molar refractivity (Wildman–Crippen MR) is 72.5 cm³/mol. The first kappa shape index (κ1) is 12.7. The Balaban J connectivity index is 2.01. The number of rotatable bonds is 5. The molecule has 1 atom stereocenters. The molecule has 0 unspecified atom stereocenters. The van der Waals surface area contributed by atoms with Crippen molar-refractivity contribution >= 4 is 0 Å². The zero-order chi connectivity index (χ0) is 12.8. The van der Waals surface area contributed by atoms with Gasteiger partial charge in [-0.1, -0.05) is 49.4 Å². The van der Waals surface area contributed by atoms with Gasteiger partial charge < -0.3 is 9.84 Å². The maximum absolute atomic E-state index is 9.78.